The number of aliphatic hydroxyl groups is 1. The van der Waals surface area contributed by atoms with Crippen LogP contribution in [0.4, 0.5) is 26.3 Å². The summed E-state index contributed by atoms with van der Waals surface area (Å²) in [6.07, 6.45) is -4.40. The van der Waals surface area contributed by atoms with Crippen molar-refractivity contribution in [1.82, 2.24) is 0 Å². The van der Waals surface area contributed by atoms with Gasteiger partial charge in [-0.15, -0.1) is 0 Å². The van der Waals surface area contributed by atoms with Gasteiger partial charge in [0, 0.05) is 6.61 Å². The van der Waals surface area contributed by atoms with Gasteiger partial charge in [-0.05, 0) is 25.0 Å². The van der Waals surface area contributed by atoms with Crippen molar-refractivity contribution in [1.29, 1.82) is 0 Å². The highest BCUT2D eigenvalue weighted by atomic mass is 19.3. The fourth-order valence-electron chi connectivity index (χ4n) is 1.49. The molecule has 1 nitrogen and oxygen atoms in total. The molecule has 0 fully saturated rings. The average molecular weight is 248 g/mol. The SMILES string of the molecule is OCCCC1(F)C=CC(F)C(F)(F)C1(F)F. The van der Waals surface area contributed by atoms with Crippen LogP contribution in [-0.2, 0) is 0 Å². The van der Waals surface area contributed by atoms with Crippen molar-refractivity contribution < 1.29 is 31.4 Å². The second-order valence-corrected chi connectivity index (χ2v) is 3.65. The maximum absolute atomic E-state index is 13.6. The lowest BCUT2D eigenvalue weighted by Gasteiger charge is -2.40. The van der Waals surface area contributed by atoms with Crippen molar-refractivity contribution in [2.24, 2.45) is 0 Å². The molecule has 1 N–H and O–H groups in total. The van der Waals surface area contributed by atoms with E-state index >= 15 is 0 Å². The third-order valence-electron chi connectivity index (χ3n) is 2.52. The normalized spacial score (nSPS) is 36.3. The molecule has 0 aromatic carbocycles. The number of alkyl halides is 6. The van der Waals surface area contributed by atoms with Crippen molar-refractivity contribution in [3.8, 4) is 0 Å². The second-order valence-electron chi connectivity index (χ2n) is 3.65. The Balaban J connectivity index is 3.07. The van der Waals surface area contributed by atoms with Crippen molar-refractivity contribution in [3.05, 3.63) is 12.2 Å². The zero-order chi connectivity index (χ0) is 12.6. The Morgan fingerprint density at radius 3 is 2.19 bits per heavy atom. The van der Waals surface area contributed by atoms with Crippen LogP contribution >= 0.6 is 0 Å². The lowest BCUT2D eigenvalue weighted by molar-refractivity contribution is -0.283. The molecule has 16 heavy (non-hydrogen) atoms. The number of hydrogen-bond donors (Lipinski definition) is 1. The Morgan fingerprint density at radius 2 is 1.69 bits per heavy atom. The van der Waals surface area contributed by atoms with Gasteiger partial charge in [-0.3, -0.25) is 0 Å². The van der Waals surface area contributed by atoms with Crippen LogP contribution in [0.3, 0.4) is 0 Å². The van der Waals surface area contributed by atoms with E-state index in [1.807, 2.05) is 0 Å². The molecule has 7 heteroatoms. The van der Waals surface area contributed by atoms with Crippen LogP contribution < -0.4 is 0 Å². The van der Waals surface area contributed by atoms with Gasteiger partial charge in [0.25, 0.3) is 0 Å². The summed E-state index contributed by atoms with van der Waals surface area (Å²) in [5, 5.41) is 8.37. The fraction of sp³-hybridized carbons (Fsp3) is 0.778. The number of halogens is 6. The smallest absolute Gasteiger partial charge is 0.350 e. The molecule has 0 amide bonds. The third kappa shape index (κ3) is 1.70. The van der Waals surface area contributed by atoms with Crippen LogP contribution in [0.15, 0.2) is 12.2 Å². The van der Waals surface area contributed by atoms with Gasteiger partial charge >= 0.3 is 11.8 Å². The molecular weight excluding hydrogens is 238 g/mol. The highest BCUT2D eigenvalue weighted by molar-refractivity contribution is 5.23. The molecule has 0 aromatic heterocycles. The molecule has 1 aliphatic carbocycles. The first kappa shape index (κ1) is 13.3. The molecule has 0 radical (unpaired) electrons. The first-order valence-electron chi connectivity index (χ1n) is 4.58. The van der Waals surface area contributed by atoms with E-state index < -0.39 is 43.1 Å². The first-order chi connectivity index (χ1) is 7.19. The van der Waals surface area contributed by atoms with Gasteiger partial charge < -0.3 is 5.11 Å². The predicted octanol–water partition coefficient (Wildman–Crippen LogP) is 2.65. The lowest BCUT2D eigenvalue weighted by Crippen LogP contribution is -2.61. The molecular formula is C9H10F6O. The summed E-state index contributed by atoms with van der Waals surface area (Å²) in [6.45, 7) is -0.611. The molecule has 0 aliphatic heterocycles. The molecule has 0 heterocycles. The number of aliphatic hydroxyl groups excluding tert-OH is 1. The maximum Gasteiger partial charge on any atom is 0.350 e. The summed E-state index contributed by atoms with van der Waals surface area (Å²) in [7, 11) is 0. The minimum Gasteiger partial charge on any atom is -0.396 e. The molecule has 0 saturated heterocycles. The summed E-state index contributed by atoms with van der Waals surface area (Å²) < 4.78 is 78.1. The molecule has 0 spiro atoms. The van der Waals surface area contributed by atoms with Gasteiger partial charge in [0.2, 0.25) is 0 Å². The van der Waals surface area contributed by atoms with Crippen molar-refractivity contribution in [3.63, 3.8) is 0 Å². The third-order valence-corrected chi connectivity index (χ3v) is 2.52. The Kier molecular flexibility index (Phi) is 3.29. The lowest BCUT2D eigenvalue weighted by atomic mass is 9.81. The fourth-order valence-corrected chi connectivity index (χ4v) is 1.49. The number of allylic oxidation sites excluding steroid dienone is 2. The highest BCUT2D eigenvalue weighted by Gasteiger charge is 2.73. The average Bonchev–Trinajstić information content (AvgIpc) is 2.20. The van der Waals surface area contributed by atoms with Gasteiger partial charge in [0.15, 0.2) is 11.8 Å². The predicted molar refractivity (Wildman–Crippen MR) is 44.1 cm³/mol. The molecule has 2 unspecified atom stereocenters. The first-order valence-corrected chi connectivity index (χ1v) is 4.58. The Hall–Kier alpha value is -0.720. The molecule has 0 saturated carbocycles. The molecule has 94 valence electrons. The summed E-state index contributed by atoms with van der Waals surface area (Å²) in [5.41, 5.74) is -3.62. The van der Waals surface area contributed by atoms with Gasteiger partial charge in [-0.25, -0.2) is 8.78 Å². The van der Waals surface area contributed by atoms with Gasteiger partial charge in [0.05, 0.1) is 0 Å². The summed E-state index contributed by atoms with van der Waals surface area (Å²) >= 11 is 0. The largest absolute Gasteiger partial charge is 0.396 e. The van der Waals surface area contributed by atoms with E-state index in [1.54, 1.807) is 0 Å². The maximum atomic E-state index is 13.6. The molecule has 1 aliphatic rings. The van der Waals surface area contributed by atoms with E-state index in [-0.39, 0.29) is 12.2 Å². The quantitative estimate of drug-likeness (QED) is 0.601. The Morgan fingerprint density at radius 1 is 1.12 bits per heavy atom. The summed E-state index contributed by atoms with van der Waals surface area (Å²) in [4.78, 5) is 0. The van der Waals surface area contributed by atoms with Crippen molar-refractivity contribution in [2.75, 3.05) is 6.61 Å². The van der Waals surface area contributed by atoms with E-state index in [9.17, 15) is 26.3 Å². The minimum atomic E-state index is -5.12. The molecule has 0 bridgehead atoms. The van der Waals surface area contributed by atoms with Crippen LogP contribution in [0.1, 0.15) is 12.8 Å². The van der Waals surface area contributed by atoms with Crippen LogP contribution in [0.25, 0.3) is 0 Å². The van der Waals surface area contributed by atoms with Gasteiger partial charge in [-0.1, -0.05) is 0 Å². The van der Waals surface area contributed by atoms with E-state index in [0.29, 0.717) is 0 Å². The molecule has 2 atom stereocenters. The Bertz CT molecular complexity index is 290. The molecule has 1 rings (SSSR count). The van der Waals surface area contributed by atoms with Crippen molar-refractivity contribution >= 4 is 0 Å². The second kappa shape index (κ2) is 3.94. The van der Waals surface area contributed by atoms with E-state index in [2.05, 4.69) is 0 Å². The zero-order valence-corrected chi connectivity index (χ0v) is 8.07. The topological polar surface area (TPSA) is 20.2 Å². The van der Waals surface area contributed by atoms with Gasteiger partial charge in [0.1, 0.15) is 0 Å². The van der Waals surface area contributed by atoms with Crippen LogP contribution in [0, 0.1) is 0 Å². The van der Waals surface area contributed by atoms with E-state index in [1.165, 1.54) is 0 Å². The molecule has 0 aromatic rings. The summed E-state index contributed by atoms with van der Waals surface area (Å²) in [5.74, 6) is -10.2. The van der Waals surface area contributed by atoms with Crippen LogP contribution in [0.2, 0.25) is 0 Å². The Labute approximate surface area is 87.8 Å². The van der Waals surface area contributed by atoms with E-state index in [4.69, 9.17) is 5.11 Å². The number of hydrogen-bond acceptors (Lipinski definition) is 1. The standard InChI is InChI=1S/C9H10F6O/c10-6-2-4-7(11,3-1-5-16)9(14,15)8(6,12)13/h2,4,6,16H,1,3,5H2. The zero-order valence-electron chi connectivity index (χ0n) is 8.07. The van der Waals surface area contributed by atoms with E-state index in [0.717, 1.165) is 0 Å². The highest BCUT2D eigenvalue weighted by Crippen LogP contribution is 2.52. The number of rotatable bonds is 3. The summed E-state index contributed by atoms with van der Waals surface area (Å²) in [6, 6.07) is 0. The monoisotopic (exact) mass is 248 g/mol. The van der Waals surface area contributed by atoms with Crippen molar-refractivity contribution in [2.45, 2.75) is 36.5 Å². The van der Waals surface area contributed by atoms with Crippen LogP contribution in [-0.4, -0.2) is 35.4 Å². The minimum absolute atomic E-state index is 0.0920. The van der Waals surface area contributed by atoms with Gasteiger partial charge in [-0.2, -0.15) is 17.6 Å². The van der Waals surface area contributed by atoms with Crippen LogP contribution in [0.5, 0.6) is 0 Å².